The molecule has 26 heavy (non-hydrogen) atoms. The van der Waals surface area contributed by atoms with Crippen LogP contribution in [0.5, 0.6) is 0 Å². The van der Waals surface area contributed by atoms with Gasteiger partial charge in [-0.15, -0.1) is 0 Å². The van der Waals surface area contributed by atoms with Gasteiger partial charge in [-0.1, -0.05) is 44.4 Å². The Balaban J connectivity index is 1.95. The Morgan fingerprint density at radius 2 is 2.04 bits per heavy atom. The number of hydrogen-bond donors (Lipinski definition) is 1. The van der Waals surface area contributed by atoms with Gasteiger partial charge in [0.15, 0.2) is 5.13 Å². The second kappa shape index (κ2) is 10.1. The predicted molar refractivity (Wildman–Crippen MR) is 104 cm³/mol. The SMILES string of the molecule is CCCCC(CC)COC(=O)Nc1nc2ccc(C(=O)OCC)cc2s1. The summed E-state index contributed by atoms with van der Waals surface area (Å²) >= 11 is 1.30. The number of benzene rings is 1. The molecule has 1 amide bonds. The molecule has 0 saturated heterocycles. The van der Waals surface area contributed by atoms with Crippen LogP contribution >= 0.6 is 11.3 Å². The van der Waals surface area contributed by atoms with Crippen molar-refractivity contribution in [1.82, 2.24) is 4.98 Å². The van der Waals surface area contributed by atoms with Crippen molar-refractivity contribution in [2.45, 2.75) is 46.5 Å². The van der Waals surface area contributed by atoms with E-state index in [0.717, 1.165) is 30.4 Å². The third kappa shape index (κ3) is 5.69. The quantitative estimate of drug-likeness (QED) is 0.604. The maximum absolute atomic E-state index is 12.0. The molecular formula is C19H26N2O4S. The maximum Gasteiger partial charge on any atom is 0.413 e. The number of amides is 1. The van der Waals surface area contributed by atoms with Crippen LogP contribution in [0.15, 0.2) is 18.2 Å². The van der Waals surface area contributed by atoms with Gasteiger partial charge in [-0.3, -0.25) is 5.32 Å². The number of unbranched alkanes of at least 4 members (excludes halogenated alkanes) is 1. The fourth-order valence-electron chi connectivity index (χ4n) is 2.53. The molecule has 0 saturated carbocycles. The molecule has 0 aliphatic rings. The lowest BCUT2D eigenvalue weighted by Crippen LogP contribution is -2.18. The van der Waals surface area contributed by atoms with Crippen molar-refractivity contribution in [2.24, 2.45) is 5.92 Å². The zero-order valence-electron chi connectivity index (χ0n) is 15.5. The van der Waals surface area contributed by atoms with Crippen LogP contribution in [0.2, 0.25) is 0 Å². The summed E-state index contributed by atoms with van der Waals surface area (Å²) in [4.78, 5) is 28.2. The van der Waals surface area contributed by atoms with Crippen molar-refractivity contribution in [1.29, 1.82) is 0 Å². The second-order valence-corrected chi connectivity index (χ2v) is 7.09. The van der Waals surface area contributed by atoms with Gasteiger partial charge in [-0.05, 0) is 37.5 Å². The molecule has 1 aromatic heterocycles. The Morgan fingerprint density at radius 3 is 2.73 bits per heavy atom. The molecule has 0 bridgehead atoms. The Bertz CT molecular complexity index is 744. The molecule has 1 atom stereocenters. The molecule has 0 spiro atoms. The molecule has 0 fully saturated rings. The summed E-state index contributed by atoms with van der Waals surface area (Å²) in [5.74, 6) is 0.0256. The Kier molecular flexibility index (Phi) is 7.84. The van der Waals surface area contributed by atoms with Crippen LogP contribution < -0.4 is 5.32 Å². The van der Waals surface area contributed by atoms with Crippen molar-refractivity contribution in [2.75, 3.05) is 18.5 Å². The number of hydrogen-bond acceptors (Lipinski definition) is 6. The van der Waals surface area contributed by atoms with E-state index in [9.17, 15) is 9.59 Å². The molecule has 1 aromatic carbocycles. The lowest BCUT2D eigenvalue weighted by molar-refractivity contribution is 0.0526. The van der Waals surface area contributed by atoms with E-state index in [-0.39, 0.29) is 5.97 Å². The van der Waals surface area contributed by atoms with E-state index in [1.54, 1.807) is 25.1 Å². The first-order valence-electron chi connectivity index (χ1n) is 9.08. The second-order valence-electron chi connectivity index (χ2n) is 6.06. The predicted octanol–water partition coefficient (Wildman–Crippen LogP) is 5.24. The van der Waals surface area contributed by atoms with E-state index in [1.165, 1.54) is 11.3 Å². The Labute approximate surface area is 157 Å². The van der Waals surface area contributed by atoms with Crippen LogP contribution in [0.3, 0.4) is 0 Å². The molecule has 0 radical (unpaired) electrons. The number of esters is 1. The first kappa shape index (κ1) is 20.2. The Hall–Kier alpha value is -2.15. The highest BCUT2D eigenvalue weighted by Gasteiger charge is 2.14. The fraction of sp³-hybridized carbons (Fsp3) is 0.526. The van der Waals surface area contributed by atoms with E-state index < -0.39 is 6.09 Å². The summed E-state index contributed by atoms with van der Waals surface area (Å²) in [6, 6.07) is 5.13. The third-order valence-electron chi connectivity index (χ3n) is 4.10. The highest BCUT2D eigenvalue weighted by atomic mass is 32.1. The molecule has 1 heterocycles. The van der Waals surface area contributed by atoms with E-state index in [2.05, 4.69) is 24.1 Å². The molecule has 1 unspecified atom stereocenters. The van der Waals surface area contributed by atoms with E-state index in [1.807, 2.05) is 0 Å². The minimum absolute atomic E-state index is 0.329. The van der Waals surface area contributed by atoms with Crippen molar-refractivity contribution < 1.29 is 19.1 Å². The summed E-state index contributed by atoms with van der Waals surface area (Å²) in [5, 5.41) is 3.12. The lowest BCUT2D eigenvalue weighted by Gasteiger charge is -2.14. The van der Waals surface area contributed by atoms with Crippen LogP contribution in [0, 0.1) is 5.92 Å². The van der Waals surface area contributed by atoms with Gasteiger partial charge in [-0.25, -0.2) is 14.6 Å². The minimum Gasteiger partial charge on any atom is -0.462 e. The standard InChI is InChI=1S/C19H26N2O4S/c1-4-7-8-13(5-2)12-25-19(23)21-18-20-15-10-9-14(11-16(15)26-18)17(22)24-6-3/h9-11,13H,4-8,12H2,1-3H3,(H,20,21,23). The van der Waals surface area contributed by atoms with Gasteiger partial charge in [0, 0.05) is 0 Å². The molecule has 0 aliphatic carbocycles. The van der Waals surface area contributed by atoms with Crippen LogP contribution in [0.1, 0.15) is 56.8 Å². The summed E-state index contributed by atoms with van der Waals surface area (Å²) in [6.07, 6.45) is 3.85. The molecule has 142 valence electrons. The Morgan fingerprint density at radius 1 is 1.23 bits per heavy atom. The van der Waals surface area contributed by atoms with Crippen molar-refractivity contribution >= 4 is 38.7 Å². The molecule has 1 N–H and O–H groups in total. The average molecular weight is 378 g/mol. The van der Waals surface area contributed by atoms with Gasteiger partial charge >= 0.3 is 12.1 Å². The van der Waals surface area contributed by atoms with Crippen LogP contribution in [0.25, 0.3) is 10.2 Å². The van der Waals surface area contributed by atoms with Gasteiger partial charge in [-0.2, -0.15) is 0 Å². The van der Waals surface area contributed by atoms with Gasteiger partial charge in [0.05, 0.1) is 29.0 Å². The lowest BCUT2D eigenvalue weighted by atomic mass is 10.0. The topological polar surface area (TPSA) is 77.5 Å². The molecule has 2 aromatic rings. The van der Waals surface area contributed by atoms with Crippen molar-refractivity contribution in [3.05, 3.63) is 23.8 Å². The van der Waals surface area contributed by atoms with Crippen LogP contribution in [0.4, 0.5) is 9.93 Å². The average Bonchev–Trinajstić information content (AvgIpc) is 3.03. The largest absolute Gasteiger partial charge is 0.462 e. The first-order valence-corrected chi connectivity index (χ1v) is 9.90. The smallest absolute Gasteiger partial charge is 0.413 e. The summed E-state index contributed by atoms with van der Waals surface area (Å²) in [5.41, 5.74) is 1.19. The number of anilines is 1. The van der Waals surface area contributed by atoms with Gasteiger partial charge in [0.1, 0.15) is 0 Å². The molecule has 6 nitrogen and oxygen atoms in total. The summed E-state index contributed by atoms with van der Waals surface area (Å²) in [7, 11) is 0. The highest BCUT2D eigenvalue weighted by molar-refractivity contribution is 7.22. The number of ether oxygens (including phenoxy) is 2. The monoisotopic (exact) mass is 378 g/mol. The summed E-state index contributed by atoms with van der Waals surface area (Å²) in [6.45, 7) is 6.77. The molecule has 0 aliphatic heterocycles. The van der Waals surface area contributed by atoms with E-state index in [4.69, 9.17) is 9.47 Å². The zero-order valence-corrected chi connectivity index (χ0v) is 16.4. The highest BCUT2D eigenvalue weighted by Crippen LogP contribution is 2.27. The fourth-order valence-corrected chi connectivity index (χ4v) is 3.43. The van der Waals surface area contributed by atoms with Gasteiger partial charge in [0.25, 0.3) is 0 Å². The van der Waals surface area contributed by atoms with Gasteiger partial charge in [0.2, 0.25) is 0 Å². The molecule has 2 rings (SSSR count). The number of carbonyl (C=O) groups excluding carboxylic acids is 2. The molecule has 7 heteroatoms. The third-order valence-corrected chi connectivity index (χ3v) is 5.04. The first-order chi connectivity index (χ1) is 12.6. The number of nitrogens with zero attached hydrogens (tertiary/aromatic N) is 1. The number of rotatable bonds is 9. The number of fused-ring (bicyclic) bond motifs is 1. The number of thiazole rings is 1. The molecular weight excluding hydrogens is 352 g/mol. The maximum atomic E-state index is 12.0. The van der Waals surface area contributed by atoms with Crippen LogP contribution in [-0.4, -0.2) is 30.3 Å². The summed E-state index contributed by atoms with van der Waals surface area (Å²) < 4.78 is 11.1. The number of aromatic nitrogens is 1. The number of nitrogens with one attached hydrogen (secondary N) is 1. The van der Waals surface area contributed by atoms with E-state index in [0.29, 0.717) is 35.3 Å². The van der Waals surface area contributed by atoms with Crippen molar-refractivity contribution in [3.63, 3.8) is 0 Å². The minimum atomic E-state index is -0.496. The van der Waals surface area contributed by atoms with Gasteiger partial charge < -0.3 is 9.47 Å². The van der Waals surface area contributed by atoms with E-state index >= 15 is 0 Å². The van der Waals surface area contributed by atoms with Crippen LogP contribution in [-0.2, 0) is 9.47 Å². The normalized spacial score (nSPS) is 12.0. The zero-order chi connectivity index (χ0) is 18.9. The number of carbonyl (C=O) groups is 2. The van der Waals surface area contributed by atoms with Crippen molar-refractivity contribution in [3.8, 4) is 0 Å².